The molecule has 6 nitrogen and oxygen atoms in total. The number of hydrogen-bond acceptors (Lipinski definition) is 4. The number of ether oxygens (including phenoxy) is 2. The van der Waals surface area contributed by atoms with Gasteiger partial charge in [0.2, 0.25) is 11.8 Å². The molecular weight excluding hydrogens is 296 g/mol. The van der Waals surface area contributed by atoms with Gasteiger partial charge in [0, 0.05) is 37.4 Å². The highest BCUT2D eigenvalue weighted by Crippen LogP contribution is 2.30. The van der Waals surface area contributed by atoms with Crippen LogP contribution in [0.5, 0.6) is 0 Å². The van der Waals surface area contributed by atoms with E-state index in [1.54, 1.807) is 11.8 Å². The van der Waals surface area contributed by atoms with Crippen LogP contribution in [0.15, 0.2) is 18.2 Å². The zero-order valence-corrected chi connectivity index (χ0v) is 13.3. The van der Waals surface area contributed by atoms with E-state index in [1.165, 1.54) is 0 Å². The van der Waals surface area contributed by atoms with Gasteiger partial charge in [-0.25, -0.2) is 0 Å². The molecule has 0 spiro atoms. The molecule has 0 radical (unpaired) electrons. The highest BCUT2D eigenvalue weighted by molar-refractivity contribution is 5.95. The molecular formula is C17H22N2O4. The van der Waals surface area contributed by atoms with E-state index >= 15 is 0 Å². The summed E-state index contributed by atoms with van der Waals surface area (Å²) in [7, 11) is 0. The average Bonchev–Trinajstić information content (AvgIpc) is 3.15. The Bertz CT molecular complexity index is 596. The van der Waals surface area contributed by atoms with E-state index in [9.17, 15) is 9.59 Å². The summed E-state index contributed by atoms with van der Waals surface area (Å²) in [6.07, 6.45) is 1.82. The van der Waals surface area contributed by atoms with E-state index < -0.39 is 0 Å². The van der Waals surface area contributed by atoms with E-state index in [2.05, 4.69) is 5.32 Å². The summed E-state index contributed by atoms with van der Waals surface area (Å²) in [5.74, 6) is 0.287. The molecule has 1 saturated heterocycles. The molecule has 1 N–H and O–H groups in total. The van der Waals surface area contributed by atoms with Crippen molar-refractivity contribution in [3.05, 3.63) is 23.8 Å². The predicted molar refractivity (Wildman–Crippen MR) is 86.5 cm³/mol. The summed E-state index contributed by atoms with van der Waals surface area (Å²) < 4.78 is 10.7. The molecule has 1 atom stereocenters. The molecule has 0 aromatic heterocycles. The molecule has 2 amide bonds. The fourth-order valence-corrected chi connectivity index (χ4v) is 3.04. The zero-order chi connectivity index (χ0) is 16.2. The largest absolute Gasteiger partial charge is 0.381 e. The van der Waals surface area contributed by atoms with Crippen LogP contribution in [0.2, 0.25) is 0 Å². The number of carbonyl (C=O) groups is 2. The standard InChI is InChI=1S/C17H22N2O4/c1-12(20)19-6-4-14-8-15(2-3-16(14)19)18-17(21)11-23-10-13-5-7-22-9-13/h2-3,8,13H,4-7,9-11H2,1H3,(H,18,21). The third-order valence-corrected chi connectivity index (χ3v) is 4.25. The van der Waals surface area contributed by atoms with E-state index in [0.717, 1.165) is 43.0 Å². The molecule has 124 valence electrons. The highest BCUT2D eigenvalue weighted by Gasteiger charge is 2.22. The molecule has 2 heterocycles. The molecule has 1 unspecified atom stereocenters. The maximum Gasteiger partial charge on any atom is 0.250 e. The van der Waals surface area contributed by atoms with Gasteiger partial charge in [0.25, 0.3) is 0 Å². The van der Waals surface area contributed by atoms with Gasteiger partial charge in [-0.3, -0.25) is 9.59 Å². The maximum absolute atomic E-state index is 11.9. The normalized spacial score (nSPS) is 19.7. The first kappa shape index (κ1) is 16.0. The van der Waals surface area contributed by atoms with E-state index in [1.807, 2.05) is 18.2 Å². The number of amides is 2. The first-order valence-corrected chi connectivity index (χ1v) is 8.00. The lowest BCUT2D eigenvalue weighted by molar-refractivity contribution is -0.121. The van der Waals surface area contributed by atoms with Crippen LogP contribution >= 0.6 is 0 Å². The Kier molecular flexibility index (Phi) is 4.93. The van der Waals surface area contributed by atoms with Crippen LogP contribution in [0.4, 0.5) is 11.4 Å². The third-order valence-electron chi connectivity index (χ3n) is 4.25. The smallest absolute Gasteiger partial charge is 0.250 e. The van der Waals surface area contributed by atoms with Crippen molar-refractivity contribution in [2.75, 3.05) is 43.2 Å². The van der Waals surface area contributed by atoms with E-state index in [0.29, 0.717) is 19.1 Å². The number of rotatable bonds is 5. The zero-order valence-electron chi connectivity index (χ0n) is 13.3. The second-order valence-corrected chi connectivity index (χ2v) is 6.06. The number of nitrogens with one attached hydrogen (secondary N) is 1. The van der Waals surface area contributed by atoms with Crippen molar-refractivity contribution in [2.24, 2.45) is 5.92 Å². The Morgan fingerprint density at radius 2 is 2.30 bits per heavy atom. The second-order valence-electron chi connectivity index (χ2n) is 6.06. The number of anilines is 2. The Balaban J connectivity index is 1.50. The van der Waals surface area contributed by atoms with Gasteiger partial charge in [-0.2, -0.15) is 0 Å². The van der Waals surface area contributed by atoms with Crippen LogP contribution in [0.25, 0.3) is 0 Å². The fourth-order valence-electron chi connectivity index (χ4n) is 3.04. The van der Waals surface area contributed by atoms with Crippen molar-refractivity contribution < 1.29 is 19.1 Å². The first-order chi connectivity index (χ1) is 11.1. The lowest BCUT2D eigenvalue weighted by atomic mass is 10.1. The Hall–Kier alpha value is -1.92. The summed E-state index contributed by atoms with van der Waals surface area (Å²) in [5.41, 5.74) is 2.77. The molecule has 2 aliphatic rings. The SMILES string of the molecule is CC(=O)N1CCc2cc(NC(=O)COCC3CCOC3)ccc21. The Labute approximate surface area is 135 Å². The van der Waals surface area contributed by atoms with Gasteiger partial charge in [0.1, 0.15) is 6.61 Å². The van der Waals surface area contributed by atoms with Gasteiger partial charge >= 0.3 is 0 Å². The van der Waals surface area contributed by atoms with Gasteiger partial charge in [0.15, 0.2) is 0 Å². The van der Waals surface area contributed by atoms with Gasteiger partial charge in [-0.05, 0) is 36.6 Å². The number of carbonyl (C=O) groups excluding carboxylic acids is 2. The van der Waals surface area contributed by atoms with Crippen LogP contribution < -0.4 is 10.2 Å². The van der Waals surface area contributed by atoms with Crippen LogP contribution in [0, 0.1) is 5.92 Å². The molecule has 1 aromatic rings. The summed E-state index contributed by atoms with van der Waals surface area (Å²) >= 11 is 0. The molecule has 2 aliphatic heterocycles. The van der Waals surface area contributed by atoms with Crippen molar-refractivity contribution in [1.29, 1.82) is 0 Å². The van der Waals surface area contributed by atoms with E-state index in [-0.39, 0.29) is 18.4 Å². The van der Waals surface area contributed by atoms with Crippen LogP contribution in [0.3, 0.4) is 0 Å². The molecule has 1 aromatic carbocycles. The summed E-state index contributed by atoms with van der Waals surface area (Å²) in [4.78, 5) is 25.2. The molecule has 6 heteroatoms. The number of hydrogen-bond donors (Lipinski definition) is 1. The van der Waals surface area contributed by atoms with Crippen LogP contribution in [-0.4, -0.2) is 44.8 Å². The summed E-state index contributed by atoms with van der Waals surface area (Å²) in [6, 6.07) is 5.64. The Morgan fingerprint density at radius 1 is 1.43 bits per heavy atom. The molecule has 1 fully saturated rings. The molecule has 0 bridgehead atoms. The first-order valence-electron chi connectivity index (χ1n) is 8.00. The number of benzene rings is 1. The van der Waals surface area contributed by atoms with Gasteiger partial charge in [-0.15, -0.1) is 0 Å². The second kappa shape index (κ2) is 7.10. The summed E-state index contributed by atoms with van der Waals surface area (Å²) in [5, 5.41) is 2.84. The van der Waals surface area contributed by atoms with Gasteiger partial charge < -0.3 is 19.7 Å². The van der Waals surface area contributed by atoms with E-state index in [4.69, 9.17) is 9.47 Å². The fraction of sp³-hybridized carbons (Fsp3) is 0.529. The summed E-state index contributed by atoms with van der Waals surface area (Å²) in [6.45, 7) is 4.39. The van der Waals surface area contributed by atoms with Crippen molar-refractivity contribution in [2.45, 2.75) is 19.8 Å². The maximum atomic E-state index is 11.9. The van der Waals surface area contributed by atoms with Crippen molar-refractivity contribution >= 4 is 23.2 Å². The third kappa shape index (κ3) is 3.89. The van der Waals surface area contributed by atoms with Gasteiger partial charge in [-0.1, -0.05) is 0 Å². The van der Waals surface area contributed by atoms with Crippen molar-refractivity contribution in [1.82, 2.24) is 0 Å². The van der Waals surface area contributed by atoms with Crippen LogP contribution in [-0.2, 0) is 25.5 Å². The minimum absolute atomic E-state index is 0.0461. The minimum atomic E-state index is -0.162. The predicted octanol–water partition coefficient (Wildman–Crippen LogP) is 1.59. The minimum Gasteiger partial charge on any atom is -0.381 e. The topological polar surface area (TPSA) is 67.9 Å². The quantitative estimate of drug-likeness (QED) is 0.895. The highest BCUT2D eigenvalue weighted by atomic mass is 16.5. The van der Waals surface area contributed by atoms with Gasteiger partial charge in [0.05, 0.1) is 13.2 Å². The average molecular weight is 318 g/mol. The van der Waals surface area contributed by atoms with Crippen molar-refractivity contribution in [3.63, 3.8) is 0 Å². The molecule has 0 aliphatic carbocycles. The molecule has 23 heavy (non-hydrogen) atoms. The lowest BCUT2D eigenvalue weighted by Gasteiger charge is -2.15. The number of nitrogens with zero attached hydrogens (tertiary/aromatic N) is 1. The monoisotopic (exact) mass is 318 g/mol. The number of fused-ring (bicyclic) bond motifs is 1. The molecule has 0 saturated carbocycles. The molecule has 3 rings (SSSR count). The lowest BCUT2D eigenvalue weighted by Crippen LogP contribution is -2.25. The Morgan fingerprint density at radius 3 is 3.04 bits per heavy atom. The van der Waals surface area contributed by atoms with Crippen LogP contribution in [0.1, 0.15) is 18.9 Å². The van der Waals surface area contributed by atoms with Crippen molar-refractivity contribution in [3.8, 4) is 0 Å².